The standard InChI is InChI=1S/C16H26F3N5S/c1-12-5-3-7-24(10-12)8-4-6-21-15(20-2)22-9-14-23-13(11-25-14)16(17,18)19/h11-12H,3-10H2,1-2H3,(H2,20,21,22). The van der Waals surface area contributed by atoms with Gasteiger partial charge >= 0.3 is 6.18 Å². The van der Waals surface area contributed by atoms with Crippen LogP contribution in [-0.2, 0) is 12.7 Å². The highest BCUT2D eigenvalue weighted by Crippen LogP contribution is 2.29. The van der Waals surface area contributed by atoms with Gasteiger partial charge in [0.1, 0.15) is 5.01 Å². The molecule has 2 heterocycles. The summed E-state index contributed by atoms with van der Waals surface area (Å²) in [7, 11) is 1.64. The molecule has 2 N–H and O–H groups in total. The number of piperidine rings is 1. The van der Waals surface area contributed by atoms with E-state index in [1.165, 1.54) is 25.9 Å². The van der Waals surface area contributed by atoms with Crippen molar-refractivity contribution in [3.05, 3.63) is 16.1 Å². The van der Waals surface area contributed by atoms with Crippen molar-refractivity contribution in [3.63, 3.8) is 0 Å². The molecule has 1 unspecified atom stereocenters. The van der Waals surface area contributed by atoms with Crippen LogP contribution in [-0.4, -0.2) is 49.1 Å². The normalized spacial score (nSPS) is 19.9. The Labute approximate surface area is 150 Å². The number of aliphatic imine (C=N–C) groups is 1. The van der Waals surface area contributed by atoms with Crippen molar-refractivity contribution in [2.75, 3.05) is 33.2 Å². The molecule has 5 nitrogen and oxygen atoms in total. The number of rotatable bonds is 6. The monoisotopic (exact) mass is 377 g/mol. The molecule has 0 spiro atoms. The van der Waals surface area contributed by atoms with Crippen LogP contribution in [0.1, 0.15) is 36.9 Å². The fraction of sp³-hybridized carbons (Fsp3) is 0.750. The number of likely N-dealkylation sites (tertiary alicyclic amines) is 1. The topological polar surface area (TPSA) is 52.6 Å². The van der Waals surface area contributed by atoms with Gasteiger partial charge < -0.3 is 15.5 Å². The van der Waals surface area contributed by atoms with Crippen molar-refractivity contribution in [1.29, 1.82) is 0 Å². The van der Waals surface area contributed by atoms with Crippen molar-refractivity contribution < 1.29 is 13.2 Å². The van der Waals surface area contributed by atoms with Gasteiger partial charge in [0.15, 0.2) is 11.7 Å². The van der Waals surface area contributed by atoms with Crippen LogP contribution in [0.5, 0.6) is 0 Å². The predicted octanol–water partition coefficient (Wildman–Crippen LogP) is 2.95. The van der Waals surface area contributed by atoms with Gasteiger partial charge in [-0.3, -0.25) is 4.99 Å². The van der Waals surface area contributed by atoms with E-state index in [9.17, 15) is 13.2 Å². The number of hydrogen-bond acceptors (Lipinski definition) is 4. The largest absolute Gasteiger partial charge is 0.434 e. The Morgan fingerprint density at radius 3 is 2.88 bits per heavy atom. The lowest BCUT2D eigenvalue weighted by atomic mass is 10.0. The summed E-state index contributed by atoms with van der Waals surface area (Å²) in [5.41, 5.74) is -0.840. The van der Waals surface area contributed by atoms with Crippen molar-refractivity contribution in [2.24, 2.45) is 10.9 Å². The maximum Gasteiger partial charge on any atom is 0.434 e. The Hall–Kier alpha value is -1.35. The van der Waals surface area contributed by atoms with E-state index < -0.39 is 11.9 Å². The SMILES string of the molecule is CN=C(NCCCN1CCCC(C)C1)NCc1nc(C(F)(F)F)cs1. The molecule has 0 aliphatic carbocycles. The molecule has 25 heavy (non-hydrogen) atoms. The highest BCUT2D eigenvalue weighted by Gasteiger charge is 2.33. The Morgan fingerprint density at radius 1 is 1.44 bits per heavy atom. The summed E-state index contributed by atoms with van der Waals surface area (Å²) >= 11 is 0.993. The second kappa shape index (κ2) is 9.38. The average Bonchev–Trinajstić information content (AvgIpc) is 3.03. The van der Waals surface area contributed by atoms with Gasteiger partial charge in [0.05, 0.1) is 6.54 Å². The molecular formula is C16H26F3N5S. The van der Waals surface area contributed by atoms with E-state index in [0.29, 0.717) is 11.0 Å². The highest BCUT2D eigenvalue weighted by molar-refractivity contribution is 7.09. The van der Waals surface area contributed by atoms with Gasteiger partial charge in [-0.1, -0.05) is 6.92 Å². The van der Waals surface area contributed by atoms with E-state index in [2.05, 4.69) is 32.4 Å². The molecule has 1 aromatic rings. The summed E-state index contributed by atoms with van der Waals surface area (Å²) in [6.07, 6.45) is -0.798. The van der Waals surface area contributed by atoms with Crippen molar-refractivity contribution in [1.82, 2.24) is 20.5 Å². The minimum Gasteiger partial charge on any atom is -0.356 e. The molecule has 1 aromatic heterocycles. The van der Waals surface area contributed by atoms with Crippen LogP contribution in [0.3, 0.4) is 0 Å². The molecule has 9 heteroatoms. The van der Waals surface area contributed by atoms with Gasteiger partial charge in [-0.15, -0.1) is 11.3 Å². The van der Waals surface area contributed by atoms with Crippen LogP contribution in [0.4, 0.5) is 13.2 Å². The lowest BCUT2D eigenvalue weighted by Gasteiger charge is -2.30. The summed E-state index contributed by atoms with van der Waals surface area (Å²) in [5.74, 6) is 1.35. The second-order valence-electron chi connectivity index (χ2n) is 6.38. The summed E-state index contributed by atoms with van der Waals surface area (Å²) < 4.78 is 37.6. The van der Waals surface area contributed by atoms with E-state index in [-0.39, 0.29) is 6.54 Å². The van der Waals surface area contributed by atoms with Gasteiger partial charge in [0.25, 0.3) is 0 Å². The van der Waals surface area contributed by atoms with E-state index in [1.54, 1.807) is 7.05 Å². The molecule has 0 aromatic carbocycles. The van der Waals surface area contributed by atoms with Crippen LogP contribution in [0, 0.1) is 5.92 Å². The Kier molecular flexibility index (Phi) is 7.49. The molecule has 1 aliphatic rings. The fourth-order valence-corrected chi connectivity index (χ4v) is 3.64. The minimum atomic E-state index is -4.39. The van der Waals surface area contributed by atoms with Crippen LogP contribution < -0.4 is 10.6 Å². The zero-order valence-corrected chi connectivity index (χ0v) is 15.5. The molecule has 0 amide bonds. The molecule has 0 bridgehead atoms. The smallest absolute Gasteiger partial charge is 0.356 e. The van der Waals surface area contributed by atoms with Gasteiger partial charge in [-0.2, -0.15) is 13.2 Å². The van der Waals surface area contributed by atoms with Crippen molar-refractivity contribution in [2.45, 2.75) is 38.9 Å². The average molecular weight is 377 g/mol. The first kappa shape index (κ1) is 20.0. The summed E-state index contributed by atoms with van der Waals surface area (Å²) in [6, 6.07) is 0. The number of aromatic nitrogens is 1. The Balaban J connectivity index is 1.66. The molecule has 0 saturated carbocycles. The van der Waals surface area contributed by atoms with E-state index in [0.717, 1.165) is 42.1 Å². The molecule has 1 saturated heterocycles. The fourth-order valence-electron chi connectivity index (χ4n) is 2.90. The summed E-state index contributed by atoms with van der Waals surface area (Å²) in [6.45, 7) is 6.68. The Morgan fingerprint density at radius 2 is 2.24 bits per heavy atom. The number of hydrogen-bond donors (Lipinski definition) is 2. The third-order valence-corrected chi connectivity index (χ3v) is 5.01. The number of nitrogens with one attached hydrogen (secondary N) is 2. The lowest BCUT2D eigenvalue weighted by Crippen LogP contribution is -2.39. The zero-order valence-electron chi connectivity index (χ0n) is 14.7. The first-order valence-electron chi connectivity index (χ1n) is 8.57. The second-order valence-corrected chi connectivity index (χ2v) is 7.32. The van der Waals surface area contributed by atoms with Crippen LogP contribution in [0.25, 0.3) is 0 Å². The minimum absolute atomic E-state index is 0.226. The number of guanidine groups is 1. The molecule has 1 fully saturated rings. The third kappa shape index (κ3) is 6.81. The summed E-state index contributed by atoms with van der Waals surface area (Å²) in [4.78, 5) is 10.2. The molecule has 1 aliphatic heterocycles. The van der Waals surface area contributed by atoms with E-state index >= 15 is 0 Å². The van der Waals surface area contributed by atoms with Gasteiger partial charge in [0, 0.05) is 25.5 Å². The zero-order chi connectivity index (χ0) is 18.3. The van der Waals surface area contributed by atoms with Crippen LogP contribution in [0.15, 0.2) is 10.4 Å². The van der Waals surface area contributed by atoms with E-state index in [1.807, 2.05) is 0 Å². The van der Waals surface area contributed by atoms with Crippen LogP contribution in [0.2, 0.25) is 0 Å². The predicted molar refractivity (Wildman–Crippen MR) is 94.8 cm³/mol. The van der Waals surface area contributed by atoms with Gasteiger partial charge in [0.2, 0.25) is 0 Å². The maximum atomic E-state index is 12.5. The first-order chi connectivity index (χ1) is 11.9. The molecule has 2 rings (SSSR count). The van der Waals surface area contributed by atoms with Gasteiger partial charge in [-0.05, 0) is 38.3 Å². The van der Waals surface area contributed by atoms with E-state index in [4.69, 9.17) is 0 Å². The molecule has 142 valence electrons. The van der Waals surface area contributed by atoms with Gasteiger partial charge in [-0.25, -0.2) is 4.98 Å². The number of alkyl halides is 3. The molecule has 1 atom stereocenters. The van der Waals surface area contributed by atoms with Crippen molar-refractivity contribution in [3.8, 4) is 0 Å². The van der Waals surface area contributed by atoms with Crippen molar-refractivity contribution >= 4 is 17.3 Å². The van der Waals surface area contributed by atoms with Crippen LogP contribution >= 0.6 is 11.3 Å². The number of thiazole rings is 1. The quantitative estimate of drug-likeness (QED) is 0.455. The Bertz CT molecular complexity index is 558. The first-order valence-corrected chi connectivity index (χ1v) is 9.45. The lowest BCUT2D eigenvalue weighted by molar-refractivity contribution is -0.140. The molecule has 0 radical (unpaired) electrons. The number of halogens is 3. The maximum absolute atomic E-state index is 12.5. The summed E-state index contributed by atoms with van der Waals surface area (Å²) in [5, 5.41) is 7.62. The highest BCUT2D eigenvalue weighted by atomic mass is 32.1. The molecular weight excluding hydrogens is 351 g/mol. The third-order valence-electron chi connectivity index (χ3n) is 4.16. The number of nitrogens with zero attached hydrogens (tertiary/aromatic N) is 3.